The summed E-state index contributed by atoms with van der Waals surface area (Å²) in [4.78, 5) is 6.33. The van der Waals surface area contributed by atoms with E-state index in [2.05, 4.69) is 20.3 Å². The van der Waals surface area contributed by atoms with Crippen molar-refractivity contribution in [2.45, 2.75) is 52.4 Å². The first-order chi connectivity index (χ1) is 14.7. The third kappa shape index (κ3) is 6.37. The van der Waals surface area contributed by atoms with Crippen LogP contribution in [-0.2, 0) is 17.5 Å². The molecule has 6 nitrogen and oxygen atoms in total. The molecule has 1 aliphatic rings. The SMILES string of the molecule is CCOC1CCN(C(=NC)NCc2ccc(-n3nc(C)cc3C)cc2C(F)(F)F)CC1.I. The molecule has 1 N–H and O–H groups in total. The van der Waals surface area contributed by atoms with Gasteiger partial charge in [0.1, 0.15) is 0 Å². The van der Waals surface area contributed by atoms with Crippen molar-refractivity contribution in [3.63, 3.8) is 0 Å². The van der Waals surface area contributed by atoms with Crippen molar-refractivity contribution >= 4 is 29.9 Å². The zero-order chi connectivity index (χ0) is 22.6. The molecule has 1 aliphatic heterocycles. The summed E-state index contributed by atoms with van der Waals surface area (Å²) in [5.74, 6) is 0.602. The minimum atomic E-state index is -4.47. The Bertz CT molecular complexity index is 921. The van der Waals surface area contributed by atoms with Crippen molar-refractivity contribution in [1.82, 2.24) is 20.0 Å². The number of aliphatic imine (C=N–C) groups is 1. The first kappa shape index (κ1) is 26.4. The molecule has 0 spiro atoms. The molecule has 0 amide bonds. The highest BCUT2D eigenvalue weighted by molar-refractivity contribution is 14.0. The zero-order valence-corrected chi connectivity index (χ0v) is 21.2. The number of benzene rings is 1. The predicted molar refractivity (Wildman–Crippen MR) is 130 cm³/mol. The monoisotopic (exact) mass is 565 g/mol. The molecule has 3 rings (SSSR count). The molecule has 1 aromatic heterocycles. The molecule has 0 atom stereocenters. The van der Waals surface area contributed by atoms with E-state index in [4.69, 9.17) is 4.74 Å². The Labute approximate surface area is 204 Å². The van der Waals surface area contributed by atoms with E-state index in [1.54, 1.807) is 13.1 Å². The van der Waals surface area contributed by atoms with Crippen LogP contribution in [0.5, 0.6) is 0 Å². The average molecular weight is 565 g/mol. The number of nitrogens with zero attached hydrogens (tertiary/aromatic N) is 4. The van der Waals surface area contributed by atoms with Crippen LogP contribution >= 0.6 is 24.0 Å². The van der Waals surface area contributed by atoms with Gasteiger partial charge >= 0.3 is 6.18 Å². The second kappa shape index (κ2) is 11.4. The predicted octanol–water partition coefficient (Wildman–Crippen LogP) is 4.70. The van der Waals surface area contributed by atoms with Gasteiger partial charge in [0.15, 0.2) is 5.96 Å². The van der Waals surface area contributed by atoms with E-state index in [0.29, 0.717) is 18.3 Å². The molecule has 2 aromatic rings. The molecule has 0 saturated carbocycles. The highest BCUT2D eigenvalue weighted by Crippen LogP contribution is 2.33. The number of aryl methyl sites for hydroxylation is 2. The van der Waals surface area contributed by atoms with E-state index < -0.39 is 11.7 Å². The van der Waals surface area contributed by atoms with Crippen LogP contribution in [0.1, 0.15) is 42.3 Å². The van der Waals surface area contributed by atoms with Crippen LogP contribution in [0.25, 0.3) is 5.69 Å². The maximum Gasteiger partial charge on any atom is 0.416 e. The Morgan fingerprint density at radius 1 is 1.22 bits per heavy atom. The molecule has 1 aromatic carbocycles. The molecule has 0 bridgehead atoms. The van der Waals surface area contributed by atoms with E-state index in [9.17, 15) is 13.2 Å². The molecular formula is C22H31F3IN5O. The lowest BCUT2D eigenvalue weighted by atomic mass is 10.1. The Balaban J connectivity index is 0.00000363. The standard InChI is InChI=1S/C22H30F3N5O.HI/c1-5-31-19-8-10-29(11-9-19)21(26-4)27-14-17-6-7-18(13-20(17)22(23,24)25)30-16(3)12-15(2)28-30;/h6-7,12-13,19H,5,8-11,14H2,1-4H3,(H,26,27);1H. The second-order valence-corrected chi connectivity index (χ2v) is 7.72. The largest absolute Gasteiger partial charge is 0.416 e. The molecule has 0 radical (unpaired) electrons. The van der Waals surface area contributed by atoms with Gasteiger partial charge in [-0.15, -0.1) is 24.0 Å². The first-order valence-electron chi connectivity index (χ1n) is 10.5. The van der Waals surface area contributed by atoms with Gasteiger partial charge in [0, 0.05) is 39.0 Å². The maximum atomic E-state index is 13.8. The van der Waals surface area contributed by atoms with Crippen LogP contribution in [0.2, 0.25) is 0 Å². The summed E-state index contributed by atoms with van der Waals surface area (Å²) in [5.41, 5.74) is 1.43. The van der Waals surface area contributed by atoms with Crippen LogP contribution in [0.3, 0.4) is 0 Å². The molecule has 1 saturated heterocycles. The van der Waals surface area contributed by atoms with Crippen LogP contribution in [0.15, 0.2) is 29.3 Å². The smallest absolute Gasteiger partial charge is 0.378 e. The Morgan fingerprint density at radius 2 is 1.91 bits per heavy atom. The van der Waals surface area contributed by atoms with Crippen molar-refractivity contribution in [2.75, 3.05) is 26.7 Å². The fourth-order valence-electron chi connectivity index (χ4n) is 3.98. The molecule has 2 heterocycles. The number of ether oxygens (including phenoxy) is 1. The van der Waals surface area contributed by atoms with E-state index in [-0.39, 0.29) is 42.2 Å². The molecule has 178 valence electrons. The summed E-state index contributed by atoms with van der Waals surface area (Å²) < 4.78 is 48.6. The summed E-state index contributed by atoms with van der Waals surface area (Å²) in [5, 5.41) is 7.40. The quantitative estimate of drug-likeness (QED) is 0.325. The maximum absolute atomic E-state index is 13.8. The van der Waals surface area contributed by atoms with Gasteiger partial charge in [-0.1, -0.05) is 6.07 Å². The number of alkyl halides is 3. The van der Waals surface area contributed by atoms with Crippen molar-refractivity contribution in [2.24, 2.45) is 4.99 Å². The van der Waals surface area contributed by atoms with Gasteiger partial charge in [-0.3, -0.25) is 4.99 Å². The van der Waals surface area contributed by atoms with E-state index in [0.717, 1.165) is 43.4 Å². The number of hydrogen-bond donors (Lipinski definition) is 1. The number of piperidine rings is 1. The summed E-state index contributed by atoms with van der Waals surface area (Å²) >= 11 is 0. The minimum Gasteiger partial charge on any atom is -0.378 e. The number of aromatic nitrogens is 2. The van der Waals surface area contributed by atoms with E-state index in [1.807, 2.05) is 26.8 Å². The second-order valence-electron chi connectivity index (χ2n) is 7.72. The third-order valence-corrected chi connectivity index (χ3v) is 5.45. The lowest BCUT2D eigenvalue weighted by molar-refractivity contribution is -0.138. The fraction of sp³-hybridized carbons (Fsp3) is 0.545. The molecule has 0 unspecified atom stereocenters. The van der Waals surface area contributed by atoms with Crippen LogP contribution in [0, 0.1) is 13.8 Å². The number of hydrogen-bond acceptors (Lipinski definition) is 3. The van der Waals surface area contributed by atoms with Gasteiger partial charge in [0.05, 0.1) is 23.0 Å². The van der Waals surface area contributed by atoms with Crippen LogP contribution in [0.4, 0.5) is 13.2 Å². The third-order valence-electron chi connectivity index (χ3n) is 5.45. The number of guanidine groups is 1. The van der Waals surface area contributed by atoms with Crippen molar-refractivity contribution in [1.29, 1.82) is 0 Å². The number of nitrogens with one attached hydrogen (secondary N) is 1. The highest BCUT2D eigenvalue weighted by atomic mass is 127. The lowest BCUT2D eigenvalue weighted by Gasteiger charge is -2.34. The van der Waals surface area contributed by atoms with E-state index in [1.165, 1.54) is 10.7 Å². The summed E-state index contributed by atoms with van der Waals surface area (Å²) in [6, 6.07) is 6.17. The van der Waals surface area contributed by atoms with Gasteiger partial charge in [-0.2, -0.15) is 18.3 Å². The van der Waals surface area contributed by atoms with Gasteiger partial charge in [0.25, 0.3) is 0 Å². The number of likely N-dealkylation sites (tertiary alicyclic amines) is 1. The van der Waals surface area contributed by atoms with Gasteiger partial charge in [-0.25, -0.2) is 4.68 Å². The molecule has 10 heteroatoms. The van der Waals surface area contributed by atoms with Gasteiger partial charge < -0.3 is 15.0 Å². The van der Waals surface area contributed by atoms with Gasteiger partial charge in [-0.05, 0) is 57.4 Å². The highest BCUT2D eigenvalue weighted by Gasteiger charge is 2.34. The Morgan fingerprint density at radius 3 is 2.44 bits per heavy atom. The number of halogens is 4. The van der Waals surface area contributed by atoms with Crippen LogP contribution in [-0.4, -0.2) is 53.5 Å². The molecule has 1 fully saturated rings. The van der Waals surface area contributed by atoms with Crippen LogP contribution < -0.4 is 5.32 Å². The lowest BCUT2D eigenvalue weighted by Crippen LogP contribution is -2.46. The fourth-order valence-corrected chi connectivity index (χ4v) is 3.98. The van der Waals surface area contributed by atoms with Crippen molar-refractivity contribution in [3.8, 4) is 5.69 Å². The molecular weight excluding hydrogens is 534 g/mol. The summed E-state index contributed by atoms with van der Waals surface area (Å²) in [6.07, 6.45) is -2.49. The minimum absolute atomic E-state index is 0. The Kier molecular flexibility index (Phi) is 9.38. The summed E-state index contributed by atoms with van der Waals surface area (Å²) in [6.45, 7) is 7.85. The van der Waals surface area contributed by atoms with Crippen molar-refractivity contribution in [3.05, 3.63) is 46.8 Å². The van der Waals surface area contributed by atoms with Gasteiger partial charge in [0.2, 0.25) is 0 Å². The Hall–Kier alpha value is -1.82. The molecule has 32 heavy (non-hydrogen) atoms. The zero-order valence-electron chi connectivity index (χ0n) is 18.9. The normalized spacial score (nSPS) is 15.6. The number of rotatable bonds is 5. The first-order valence-corrected chi connectivity index (χ1v) is 10.5. The average Bonchev–Trinajstić information content (AvgIpc) is 3.07. The van der Waals surface area contributed by atoms with E-state index >= 15 is 0 Å². The topological polar surface area (TPSA) is 54.7 Å². The molecule has 0 aliphatic carbocycles. The summed E-state index contributed by atoms with van der Waals surface area (Å²) in [7, 11) is 1.65. The van der Waals surface area contributed by atoms with Crippen molar-refractivity contribution < 1.29 is 17.9 Å².